The van der Waals surface area contributed by atoms with Crippen LogP contribution in [0.5, 0.6) is 0 Å². The zero-order chi connectivity index (χ0) is 17.3. The van der Waals surface area contributed by atoms with Gasteiger partial charge in [-0.15, -0.1) is 5.10 Å². The largest absolute Gasteiger partial charge is 0.387 e. The van der Waals surface area contributed by atoms with E-state index in [-0.39, 0.29) is 18.0 Å². The van der Waals surface area contributed by atoms with E-state index in [4.69, 9.17) is 0 Å². The Morgan fingerprint density at radius 2 is 2.12 bits per heavy atom. The first-order valence-electron chi connectivity index (χ1n) is 8.06. The second-order valence-electron chi connectivity index (χ2n) is 6.36. The van der Waals surface area contributed by atoms with E-state index >= 15 is 0 Å². The van der Waals surface area contributed by atoms with Crippen LogP contribution in [-0.4, -0.2) is 55.0 Å². The number of pyridine rings is 1. The Labute approximate surface area is 140 Å². The maximum Gasteiger partial charge on any atom is 0.257 e. The molecule has 2 N–H and O–H groups in total. The quantitative estimate of drug-likeness (QED) is 0.856. The van der Waals surface area contributed by atoms with Crippen molar-refractivity contribution in [1.29, 1.82) is 0 Å². The van der Waals surface area contributed by atoms with Crippen LogP contribution < -0.4 is 5.32 Å². The number of carbonyl (C=O) groups excluding carboxylic acids is 1. The summed E-state index contributed by atoms with van der Waals surface area (Å²) in [7, 11) is 0. The molecule has 0 spiro atoms. The molecule has 1 unspecified atom stereocenters. The third-order valence-corrected chi connectivity index (χ3v) is 3.94. The zero-order valence-electron chi connectivity index (χ0n) is 14.0. The van der Waals surface area contributed by atoms with E-state index in [0.717, 1.165) is 0 Å². The standard InChI is InChI=1S/C16H22N6O2/c1-10(2)18-15-13(5-4-6-17-15)16(24)21-7-12(8-21)22-9-14(11(3)23)19-20-22/h4-6,9-12,23H,7-8H2,1-3H3,(H,17,18). The Morgan fingerprint density at radius 1 is 1.38 bits per heavy atom. The van der Waals surface area contributed by atoms with Gasteiger partial charge in [0, 0.05) is 25.3 Å². The number of aromatic nitrogens is 4. The maximum atomic E-state index is 12.7. The number of nitrogens with zero attached hydrogens (tertiary/aromatic N) is 5. The van der Waals surface area contributed by atoms with Gasteiger partial charge in [-0.1, -0.05) is 5.21 Å². The Hall–Kier alpha value is -2.48. The highest BCUT2D eigenvalue weighted by Crippen LogP contribution is 2.25. The molecule has 128 valence electrons. The number of hydrogen-bond acceptors (Lipinski definition) is 6. The summed E-state index contributed by atoms with van der Waals surface area (Å²) in [6.07, 6.45) is 2.76. The molecule has 1 aliphatic heterocycles. The van der Waals surface area contributed by atoms with E-state index in [1.165, 1.54) is 0 Å². The lowest BCUT2D eigenvalue weighted by Crippen LogP contribution is -2.51. The van der Waals surface area contributed by atoms with Gasteiger partial charge in [-0.3, -0.25) is 4.79 Å². The van der Waals surface area contributed by atoms with Gasteiger partial charge in [0.05, 0.1) is 23.9 Å². The van der Waals surface area contributed by atoms with Gasteiger partial charge in [0.1, 0.15) is 11.5 Å². The summed E-state index contributed by atoms with van der Waals surface area (Å²) in [6, 6.07) is 3.84. The first kappa shape index (κ1) is 16.4. The minimum Gasteiger partial charge on any atom is -0.387 e. The Morgan fingerprint density at radius 3 is 2.75 bits per heavy atom. The first-order chi connectivity index (χ1) is 11.5. The SMILES string of the molecule is CC(C)Nc1ncccc1C(=O)N1CC(n2cc(C(C)O)nn2)C1. The van der Waals surface area contributed by atoms with Crippen molar-refractivity contribution in [3.63, 3.8) is 0 Å². The van der Waals surface area contributed by atoms with Gasteiger partial charge in [0.15, 0.2) is 0 Å². The lowest BCUT2D eigenvalue weighted by Gasteiger charge is -2.39. The van der Waals surface area contributed by atoms with Crippen molar-refractivity contribution in [3.8, 4) is 0 Å². The molecule has 0 bridgehead atoms. The lowest BCUT2D eigenvalue weighted by molar-refractivity contribution is 0.0499. The number of carbonyl (C=O) groups is 1. The van der Waals surface area contributed by atoms with E-state index < -0.39 is 6.10 Å². The van der Waals surface area contributed by atoms with E-state index in [0.29, 0.717) is 30.2 Å². The molecule has 2 aromatic heterocycles. The summed E-state index contributed by atoms with van der Waals surface area (Å²) >= 11 is 0. The summed E-state index contributed by atoms with van der Waals surface area (Å²) in [6.45, 7) is 6.80. The number of hydrogen-bond donors (Lipinski definition) is 2. The second-order valence-corrected chi connectivity index (χ2v) is 6.36. The zero-order valence-corrected chi connectivity index (χ0v) is 14.0. The van der Waals surface area contributed by atoms with Crippen LogP contribution >= 0.6 is 0 Å². The first-order valence-corrected chi connectivity index (χ1v) is 8.06. The minimum atomic E-state index is -0.642. The molecular formula is C16H22N6O2. The molecule has 2 aromatic rings. The molecule has 0 aliphatic carbocycles. The Bertz CT molecular complexity index is 721. The van der Waals surface area contributed by atoms with Crippen LogP contribution in [0.2, 0.25) is 0 Å². The van der Waals surface area contributed by atoms with Crippen LogP contribution in [0.15, 0.2) is 24.5 Å². The molecular weight excluding hydrogens is 308 g/mol. The predicted octanol–water partition coefficient (Wildman–Crippen LogP) is 1.24. The van der Waals surface area contributed by atoms with Gasteiger partial charge in [-0.2, -0.15) is 0 Å². The highest BCUT2D eigenvalue weighted by Gasteiger charge is 2.34. The molecule has 0 saturated carbocycles. The number of aliphatic hydroxyl groups excluding tert-OH is 1. The molecule has 1 fully saturated rings. The second kappa shape index (κ2) is 6.56. The topological polar surface area (TPSA) is 96.2 Å². The number of anilines is 1. The summed E-state index contributed by atoms with van der Waals surface area (Å²) in [5, 5.41) is 20.7. The van der Waals surface area contributed by atoms with E-state index in [9.17, 15) is 9.90 Å². The minimum absolute atomic E-state index is 0.0432. The van der Waals surface area contributed by atoms with Crippen molar-refractivity contribution >= 4 is 11.7 Å². The molecule has 3 heterocycles. The van der Waals surface area contributed by atoms with Crippen LogP contribution in [0.4, 0.5) is 5.82 Å². The van der Waals surface area contributed by atoms with E-state index in [1.54, 1.807) is 41.0 Å². The molecule has 0 aromatic carbocycles. The smallest absolute Gasteiger partial charge is 0.257 e. The monoisotopic (exact) mass is 330 g/mol. The van der Waals surface area contributed by atoms with Gasteiger partial charge < -0.3 is 15.3 Å². The summed E-state index contributed by atoms with van der Waals surface area (Å²) < 4.78 is 1.71. The van der Waals surface area contributed by atoms with Crippen LogP contribution in [-0.2, 0) is 0 Å². The third-order valence-electron chi connectivity index (χ3n) is 3.94. The molecule has 24 heavy (non-hydrogen) atoms. The number of rotatable bonds is 5. The normalized spacial score (nSPS) is 16.1. The number of aliphatic hydroxyl groups is 1. The fourth-order valence-corrected chi connectivity index (χ4v) is 2.59. The van der Waals surface area contributed by atoms with Gasteiger partial charge in [0.25, 0.3) is 5.91 Å². The average Bonchev–Trinajstić information content (AvgIpc) is 2.95. The van der Waals surface area contributed by atoms with E-state index in [2.05, 4.69) is 20.6 Å². The summed E-state index contributed by atoms with van der Waals surface area (Å²) in [4.78, 5) is 18.7. The maximum absolute atomic E-state index is 12.7. The molecule has 0 radical (unpaired) electrons. The van der Waals surface area contributed by atoms with E-state index in [1.807, 2.05) is 13.8 Å². The molecule has 8 heteroatoms. The van der Waals surface area contributed by atoms with Gasteiger partial charge in [0.2, 0.25) is 0 Å². The Kier molecular flexibility index (Phi) is 4.48. The molecule has 8 nitrogen and oxygen atoms in total. The van der Waals surface area contributed by atoms with Crippen molar-refractivity contribution in [2.24, 2.45) is 0 Å². The van der Waals surface area contributed by atoms with Gasteiger partial charge in [-0.05, 0) is 32.9 Å². The van der Waals surface area contributed by atoms with Crippen LogP contribution in [0.1, 0.15) is 49.0 Å². The fourth-order valence-electron chi connectivity index (χ4n) is 2.59. The third kappa shape index (κ3) is 3.23. The van der Waals surface area contributed by atoms with Crippen molar-refractivity contribution in [2.45, 2.75) is 39.0 Å². The summed E-state index contributed by atoms with van der Waals surface area (Å²) in [5.74, 6) is 0.566. The van der Waals surface area contributed by atoms with Crippen LogP contribution in [0.25, 0.3) is 0 Å². The molecule has 1 atom stereocenters. The lowest BCUT2D eigenvalue weighted by atomic mass is 10.1. The average molecular weight is 330 g/mol. The molecule has 1 aliphatic rings. The van der Waals surface area contributed by atoms with Gasteiger partial charge in [-0.25, -0.2) is 9.67 Å². The summed E-state index contributed by atoms with van der Waals surface area (Å²) in [5.41, 5.74) is 1.11. The van der Waals surface area contributed by atoms with Crippen molar-refractivity contribution in [3.05, 3.63) is 35.8 Å². The molecule has 3 rings (SSSR count). The predicted molar refractivity (Wildman–Crippen MR) is 88.6 cm³/mol. The van der Waals surface area contributed by atoms with Gasteiger partial charge >= 0.3 is 0 Å². The molecule has 1 saturated heterocycles. The highest BCUT2D eigenvalue weighted by atomic mass is 16.3. The van der Waals surface area contributed by atoms with Crippen LogP contribution in [0.3, 0.4) is 0 Å². The van der Waals surface area contributed by atoms with Crippen molar-refractivity contribution < 1.29 is 9.90 Å². The Balaban J connectivity index is 1.66. The van der Waals surface area contributed by atoms with Crippen LogP contribution in [0, 0.1) is 0 Å². The van der Waals surface area contributed by atoms with Crippen molar-refractivity contribution in [1.82, 2.24) is 24.9 Å². The molecule has 1 amide bonds. The number of amides is 1. The van der Waals surface area contributed by atoms with Crippen molar-refractivity contribution in [2.75, 3.05) is 18.4 Å². The fraction of sp³-hybridized carbons (Fsp3) is 0.500. The highest BCUT2D eigenvalue weighted by molar-refractivity contribution is 5.99. The number of nitrogens with one attached hydrogen (secondary N) is 1. The number of likely N-dealkylation sites (tertiary alicyclic amines) is 1.